The summed E-state index contributed by atoms with van der Waals surface area (Å²) in [5, 5.41) is 7.25. The van der Waals surface area contributed by atoms with Crippen molar-refractivity contribution in [3.05, 3.63) is 45.6 Å². The Balaban J connectivity index is 1.57. The van der Waals surface area contributed by atoms with Crippen LogP contribution in [0.3, 0.4) is 0 Å². The van der Waals surface area contributed by atoms with Gasteiger partial charge in [0.25, 0.3) is 5.91 Å². The van der Waals surface area contributed by atoms with Crippen LogP contribution >= 0.6 is 11.3 Å². The summed E-state index contributed by atoms with van der Waals surface area (Å²) in [5.74, 6) is 1.10. The van der Waals surface area contributed by atoms with Crippen molar-refractivity contribution in [3.63, 3.8) is 0 Å². The molecule has 138 valence electrons. The van der Waals surface area contributed by atoms with Crippen LogP contribution in [-0.4, -0.2) is 31.1 Å². The zero-order valence-corrected chi connectivity index (χ0v) is 15.7. The Morgan fingerprint density at radius 2 is 2.19 bits per heavy atom. The second-order valence-corrected chi connectivity index (χ2v) is 7.02. The summed E-state index contributed by atoms with van der Waals surface area (Å²) >= 11 is 1.34. The first kappa shape index (κ1) is 18.3. The number of thiophene rings is 1. The average Bonchev–Trinajstić information content (AvgIpc) is 3.26. The third kappa shape index (κ3) is 4.35. The third-order valence-electron chi connectivity index (χ3n) is 4.01. The topological polar surface area (TPSA) is 76.7 Å². The van der Waals surface area contributed by atoms with Crippen LogP contribution in [0.1, 0.15) is 34.6 Å². The van der Waals surface area contributed by atoms with E-state index in [2.05, 4.69) is 10.6 Å². The first-order chi connectivity index (χ1) is 12.6. The Kier molecular flexibility index (Phi) is 5.78. The second kappa shape index (κ2) is 8.23. The number of hydrogen-bond donors (Lipinski definition) is 2. The number of hydrogen-bond acceptors (Lipinski definition) is 5. The molecule has 0 saturated heterocycles. The van der Waals surface area contributed by atoms with E-state index in [1.165, 1.54) is 11.3 Å². The van der Waals surface area contributed by atoms with E-state index in [0.29, 0.717) is 18.0 Å². The van der Waals surface area contributed by atoms with Crippen LogP contribution in [0.2, 0.25) is 0 Å². The van der Waals surface area contributed by atoms with Crippen LogP contribution < -0.4 is 20.1 Å². The molecule has 1 unspecified atom stereocenters. The Morgan fingerprint density at radius 1 is 1.35 bits per heavy atom. The van der Waals surface area contributed by atoms with Crippen LogP contribution in [0.15, 0.2) is 29.6 Å². The molecule has 2 N–H and O–H groups in total. The van der Waals surface area contributed by atoms with Crippen LogP contribution in [0.25, 0.3) is 0 Å². The quantitative estimate of drug-likeness (QED) is 0.781. The monoisotopic (exact) mass is 374 g/mol. The van der Waals surface area contributed by atoms with Crippen molar-refractivity contribution in [2.24, 2.45) is 0 Å². The maximum Gasteiger partial charge on any atom is 0.261 e. The van der Waals surface area contributed by atoms with Gasteiger partial charge in [-0.1, -0.05) is 6.07 Å². The normalized spacial score (nSPS) is 15.1. The van der Waals surface area contributed by atoms with E-state index in [0.717, 1.165) is 29.0 Å². The van der Waals surface area contributed by atoms with E-state index in [1.54, 1.807) is 12.1 Å². The van der Waals surface area contributed by atoms with E-state index < -0.39 is 0 Å². The molecule has 6 nitrogen and oxygen atoms in total. The molecule has 1 aliphatic heterocycles. The fraction of sp³-hybridized carbons (Fsp3) is 0.368. The van der Waals surface area contributed by atoms with Crippen molar-refractivity contribution in [2.45, 2.75) is 32.9 Å². The Labute approximate surface area is 156 Å². The maximum absolute atomic E-state index is 12.1. The van der Waals surface area contributed by atoms with E-state index >= 15 is 0 Å². The smallest absolute Gasteiger partial charge is 0.261 e. The summed E-state index contributed by atoms with van der Waals surface area (Å²) < 4.78 is 11.5. The highest BCUT2D eigenvalue weighted by atomic mass is 32.1. The van der Waals surface area contributed by atoms with Crippen molar-refractivity contribution in [2.75, 3.05) is 13.2 Å². The molecule has 7 heteroatoms. The predicted octanol–water partition coefficient (Wildman–Crippen LogP) is 2.52. The molecule has 0 saturated carbocycles. The molecular weight excluding hydrogens is 352 g/mol. The number of fused-ring (bicyclic) bond motifs is 1. The van der Waals surface area contributed by atoms with Crippen LogP contribution in [0.5, 0.6) is 11.5 Å². The van der Waals surface area contributed by atoms with E-state index in [9.17, 15) is 9.59 Å². The number of ether oxygens (including phenoxy) is 2. The van der Waals surface area contributed by atoms with Gasteiger partial charge < -0.3 is 20.1 Å². The van der Waals surface area contributed by atoms with Gasteiger partial charge >= 0.3 is 0 Å². The molecule has 0 radical (unpaired) electrons. The van der Waals surface area contributed by atoms with E-state index in [-0.39, 0.29) is 24.5 Å². The van der Waals surface area contributed by atoms with Gasteiger partial charge in [-0.25, -0.2) is 0 Å². The molecule has 2 heterocycles. The summed E-state index contributed by atoms with van der Waals surface area (Å²) in [7, 11) is 0. The number of amides is 2. The van der Waals surface area contributed by atoms with Gasteiger partial charge in [0, 0.05) is 24.1 Å². The minimum atomic E-state index is -0.257. The standard InChI is InChI=1S/C19H22N2O4S/c1-3-24-15-8-13-7-12(2)25-16(13)9-14(15)10-20-18(22)11-21-19(23)17-5-4-6-26-17/h4-6,8-9,12H,3,7,10-11H2,1-2H3,(H,20,22)(H,21,23). The lowest BCUT2D eigenvalue weighted by atomic mass is 10.1. The molecule has 0 bridgehead atoms. The number of nitrogens with one attached hydrogen (secondary N) is 2. The van der Waals surface area contributed by atoms with Crippen LogP contribution in [-0.2, 0) is 17.8 Å². The van der Waals surface area contributed by atoms with Gasteiger partial charge in [-0.3, -0.25) is 9.59 Å². The van der Waals surface area contributed by atoms with Gasteiger partial charge in [-0.15, -0.1) is 11.3 Å². The number of carbonyl (C=O) groups is 2. The highest BCUT2D eigenvalue weighted by molar-refractivity contribution is 7.12. The second-order valence-electron chi connectivity index (χ2n) is 6.07. The summed E-state index contributed by atoms with van der Waals surface area (Å²) in [6.45, 7) is 4.74. The summed E-state index contributed by atoms with van der Waals surface area (Å²) in [4.78, 5) is 24.5. The molecule has 0 spiro atoms. The van der Waals surface area contributed by atoms with E-state index in [4.69, 9.17) is 9.47 Å². The minimum absolute atomic E-state index is 0.0703. The fourth-order valence-corrected chi connectivity index (χ4v) is 3.46. The Morgan fingerprint density at radius 3 is 2.92 bits per heavy atom. The molecule has 3 rings (SSSR count). The highest BCUT2D eigenvalue weighted by Gasteiger charge is 2.22. The molecule has 2 amide bonds. The average molecular weight is 374 g/mol. The van der Waals surface area contributed by atoms with Gasteiger partial charge in [0.2, 0.25) is 5.91 Å². The van der Waals surface area contributed by atoms with Gasteiger partial charge in [0.05, 0.1) is 18.0 Å². The SMILES string of the molecule is CCOc1cc2c(cc1CNC(=O)CNC(=O)c1cccs1)OC(C)C2. The number of carbonyl (C=O) groups excluding carboxylic acids is 2. The zero-order chi connectivity index (χ0) is 18.5. The molecule has 0 aliphatic carbocycles. The summed E-state index contributed by atoms with van der Waals surface area (Å²) in [6, 6.07) is 7.43. The molecule has 1 atom stereocenters. The minimum Gasteiger partial charge on any atom is -0.494 e. The molecule has 1 aliphatic rings. The van der Waals surface area contributed by atoms with Crippen molar-refractivity contribution in [1.82, 2.24) is 10.6 Å². The third-order valence-corrected chi connectivity index (χ3v) is 4.88. The molecular formula is C19H22N2O4S. The summed E-state index contributed by atoms with van der Waals surface area (Å²) in [6.07, 6.45) is 1.01. The molecule has 1 aromatic carbocycles. The van der Waals surface area contributed by atoms with Gasteiger partial charge in [0.15, 0.2) is 0 Å². The van der Waals surface area contributed by atoms with Gasteiger partial charge in [0.1, 0.15) is 17.6 Å². The lowest BCUT2D eigenvalue weighted by Gasteiger charge is -2.13. The van der Waals surface area contributed by atoms with Crippen LogP contribution in [0, 0.1) is 0 Å². The van der Waals surface area contributed by atoms with Crippen molar-refractivity contribution in [3.8, 4) is 11.5 Å². The van der Waals surface area contributed by atoms with Gasteiger partial charge in [-0.05, 0) is 37.4 Å². The van der Waals surface area contributed by atoms with Crippen LogP contribution in [0.4, 0.5) is 0 Å². The predicted molar refractivity (Wildman–Crippen MR) is 99.9 cm³/mol. The Bertz CT molecular complexity index is 789. The molecule has 1 aromatic heterocycles. The zero-order valence-electron chi connectivity index (χ0n) is 14.8. The van der Waals surface area contributed by atoms with Crippen molar-refractivity contribution in [1.29, 1.82) is 0 Å². The first-order valence-corrected chi connectivity index (χ1v) is 9.48. The Hall–Kier alpha value is -2.54. The first-order valence-electron chi connectivity index (χ1n) is 8.60. The van der Waals surface area contributed by atoms with Crippen molar-refractivity contribution >= 4 is 23.2 Å². The fourth-order valence-electron chi connectivity index (χ4n) is 2.82. The molecule has 26 heavy (non-hydrogen) atoms. The molecule has 0 fully saturated rings. The van der Waals surface area contributed by atoms with E-state index in [1.807, 2.05) is 31.4 Å². The highest BCUT2D eigenvalue weighted by Crippen LogP contribution is 2.35. The van der Waals surface area contributed by atoms with Crippen molar-refractivity contribution < 1.29 is 19.1 Å². The number of rotatable bonds is 7. The number of benzene rings is 1. The largest absolute Gasteiger partial charge is 0.494 e. The molecule has 2 aromatic rings. The lowest BCUT2D eigenvalue weighted by molar-refractivity contribution is -0.120. The summed E-state index contributed by atoms with van der Waals surface area (Å²) in [5.41, 5.74) is 1.98. The maximum atomic E-state index is 12.1. The van der Waals surface area contributed by atoms with Gasteiger partial charge in [-0.2, -0.15) is 0 Å². The lowest BCUT2D eigenvalue weighted by Crippen LogP contribution is -2.36.